The largest absolute Gasteiger partial charge is 0.451 e. The van der Waals surface area contributed by atoms with Gasteiger partial charge >= 0.3 is 11.9 Å². The average molecular weight is 332 g/mol. The molecule has 0 aromatic heterocycles. The number of halogens is 2. The maximum atomic E-state index is 14.1. The van der Waals surface area contributed by atoms with Crippen molar-refractivity contribution in [1.82, 2.24) is 0 Å². The standard InChI is InChI=1S/C18H14F2O4/c1-3-17(21)23-15-7-5-11(9-13(15)19)12-6-8-16(14(20)10-12)24-18(22)4-2/h3-10,13,15H,1-2H2. The second-order valence-electron chi connectivity index (χ2n) is 4.80. The topological polar surface area (TPSA) is 52.6 Å². The van der Waals surface area contributed by atoms with Crippen molar-refractivity contribution in [2.45, 2.75) is 12.3 Å². The third-order valence-electron chi connectivity index (χ3n) is 3.18. The highest BCUT2D eigenvalue weighted by molar-refractivity contribution is 5.84. The Balaban J connectivity index is 2.17. The summed E-state index contributed by atoms with van der Waals surface area (Å²) in [7, 11) is 0. The van der Waals surface area contributed by atoms with E-state index in [4.69, 9.17) is 9.47 Å². The van der Waals surface area contributed by atoms with Gasteiger partial charge < -0.3 is 9.47 Å². The summed E-state index contributed by atoms with van der Waals surface area (Å²) < 4.78 is 37.6. The van der Waals surface area contributed by atoms with Crippen LogP contribution in [0.25, 0.3) is 5.57 Å². The maximum Gasteiger partial charge on any atom is 0.335 e. The molecule has 0 amide bonds. The van der Waals surface area contributed by atoms with Crippen LogP contribution in [-0.2, 0) is 14.3 Å². The number of hydrogen-bond acceptors (Lipinski definition) is 4. The molecule has 1 aromatic carbocycles. The van der Waals surface area contributed by atoms with E-state index < -0.39 is 30.0 Å². The number of rotatable bonds is 5. The van der Waals surface area contributed by atoms with Gasteiger partial charge in [-0.2, -0.15) is 0 Å². The van der Waals surface area contributed by atoms with Crippen molar-refractivity contribution in [2.24, 2.45) is 0 Å². The molecule has 0 bridgehead atoms. The number of ether oxygens (including phenoxy) is 2. The van der Waals surface area contributed by atoms with Crippen LogP contribution in [0.3, 0.4) is 0 Å². The predicted molar refractivity (Wildman–Crippen MR) is 84.3 cm³/mol. The first-order valence-electron chi connectivity index (χ1n) is 6.96. The molecule has 0 N–H and O–H groups in total. The Hall–Kier alpha value is -3.02. The van der Waals surface area contributed by atoms with Gasteiger partial charge in [0.25, 0.3) is 0 Å². The smallest absolute Gasteiger partial charge is 0.335 e. The molecule has 0 fully saturated rings. The van der Waals surface area contributed by atoms with E-state index in [0.29, 0.717) is 11.1 Å². The van der Waals surface area contributed by atoms with E-state index >= 15 is 0 Å². The van der Waals surface area contributed by atoms with Gasteiger partial charge in [-0.05, 0) is 35.4 Å². The molecule has 0 radical (unpaired) electrons. The van der Waals surface area contributed by atoms with Crippen molar-refractivity contribution in [2.75, 3.05) is 0 Å². The van der Waals surface area contributed by atoms with Crippen molar-refractivity contribution in [3.05, 3.63) is 73.1 Å². The Morgan fingerprint density at radius 1 is 1.17 bits per heavy atom. The van der Waals surface area contributed by atoms with Crippen LogP contribution in [0, 0.1) is 5.82 Å². The Bertz CT molecular complexity index is 749. The number of benzene rings is 1. The van der Waals surface area contributed by atoms with Gasteiger partial charge in [-0.15, -0.1) is 0 Å². The molecule has 124 valence electrons. The second kappa shape index (κ2) is 7.50. The summed E-state index contributed by atoms with van der Waals surface area (Å²) >= 11 is 0. The van der Waals surface area contributed by atoms with Crippen LogP contribution >= 0.6 is 0 Å². The van der Waals surface area contributed by atoms with E-state index in [1.165, 1.54) is 30.4 Å². The molecule has 24 heavy (non-hydrogen) atoms. The van der Waals surface area contributed by atoms with Gasteiger partial charge in [0.05, 0.1) is 0 Å². The van der Waals surface area contributed by atoms with E-state index in [0.717, 1.165) is 18.2 Å². The van der Waals surface area contributed by atoms with Crippen molar-refractivity contribution in [3.63, 3.8) is 0 Å². The summed E-state index contributed by atoms with van der Waals surface area (Å²) in [5, 5.41) is 0. The summed E-state index contributed by atoms with van der Waals surface area (Å²) in [5.41, 5.74) is 0.798. The Morgan fingerprint density at radius 3 is 2.46 bits per heavy atom. The Labute approximate surface area is 137 Å². The number of carbonyl (C=O) groups excluding carboxylic acids is 2. The monoisotopic (exact) mass is 332 g/mol. The van der Waals surface area contributed by atoms with Crippen LogP contribution < -0.4 is 4.74 Å². The molecule has 0 heterocycles. The maximum absolute atomic E-state index is 14.1. The summed E-state index contributed by atoms with van der Waals surface area (Å²) in [6.45, 7) is 6.46. The molecule has 0 spiro atoms. The first-order chi connectivity index (χ1) is 11.4. The van der Waals surface area contributed by atoms with Gasteiger partial charge in [-0.1, -0.05) is 25.3 Å². The molecular formula is C18H14F2O4. The molecule has 2 rings (SSSR count). The number of hydrogen-bond donors (Lipinski definition) is 0. The molecule has 1 aliphatic rings. The number of esters is 2. The molecule has 2 unspecified atom stereocenters. The SMILES string of the molecule is C=CC(=O)Oc1ccc(C2=CC(F)C(OC(=O)C=C)C=C2)cc1F. The van der Waals surface area contributed by atoms with E-state index in [9.17, 15) is 18.4 Å². The zero-order valence-electron chi connectivity index (χ0n) is 12.6. The number of carbonyl (C=O) groups is 2. The van der Waals surface area contributed by atoms with Gasteiger partial charge in [0, 0.05) is 12.2 Å². The summed E-state index contributed by atoms with van der Waals surface area (Å²) in [5.74, 6) is -2.54. The van der Waals surface area contributed by atoms with Crippen LogP contribution in [0.15, 0.2) is 61.7 Å². The van der Waals surface area contributed by atoms with Crippen LogP contribution in [0.2, 0.25) is 0 Å². The second-order valence-corrected chi connectivity index (χ2v) is 4.80. The zero-order valence-corrected chi connectivity index (χ0v) is 12.6. The van der Waals surface area contributed by atoms with Crippen LogP contribution in [0.4, 0.5) is 8.78 Å². The molecule has 2 atom stereocenters. The highest BCUT2D eigenvalue weighted by Gasteiger charge is 2.24. The summed E-state index contributed by atoms with van der Waals surface area (Å²) in [4.78, 5) is 22.2. The normalized spacial score (nSPS) is 19.2. The minimum absolute atomic E-state index is 0.251. The Morgan fingerprint density at radius 2 is 1.88 bits per heavy atom. The van der Waals surface area contributed by atoms with Crippen molar-refractivity contribution < 1.29 is 27.8 Å². The van der Waals surface area contributed by atoms with E-state index in [1.807, 2.05) is 0 Å². The number of allylic oxidation sites excluding steroid dienone is 2. The molecular weight excluding hydrogens is 318 g/mol. The van der Waals surface area contributed by atoms with Crippen LogP contribution in [0.5, 0.6) is 5.75 Å². The van der Waals surface area contributed by atoms with Crippen LogP contribution in [-0.4, -0.2) is 24.2 Å². The van der Waals surface area contributed by atoms with Gasteiger partial charge in [-0.3, -0.25) is 0 Å². The summed E-state index contributed by atoms with van der Waals surface area (Å²) in [6.07, 6.45) is 3.32. The van der Waals surface area contributed by atoms with E-state index in [2.05, 4.69) is 13.2 Å². The molecule has 0 saturated heterocycles. The zero-order chi connectivity index (χ0) is 17.7. The molecule has 4 nitrogen and oxygen atoms in total. The fraction of sp³-hybridized carbons (Fsp3) is 0.111. The molecule has 0 saturated carbocycles. The quantitative estimate of drug-likeness (QED) is 0.472. The van der Waals surface area contributed by atoms with Gasteiger partial charge in [0.2, 0.25) is 0 Å². The van der Waals surface area contributed by atoms with E-state index in [1.54, 1.807) is 0 Å². The third kappa shape index (κ3) is 4.04. The lowest BCUT2D eigenvalue weighted by Gasteiger charge is -2.20. The highest BCUT2D eigenvalue weighted by atomic mass is 19.1. The molecule has 6 heteroatoms. The van der Waals surface area contributed by atoms with Crippen molar-refractivity contribution >= 4 is 17.5 Å². The minimum atomic E-state index is -1.57. The predicted octanol–water partition coefficient (Wildman–Crippen LogP) is 3.31. The summed E-state index contributed by atoms with van der Waals surface area (Å²) in [6, 6.07) is 3.86. The lowest BCUT2D eigenvalue weighted by atomic mass is 9.97. The minimum Gasteiger partial charge on any atom is -0.451 e. The molecule has 0 aliphatic heterocycles. The van der Waals surface area contributed by atoms with E-state index in [-0.39, 0.29) is 5.75 Å². The first kappa shape index (κ1) is 17.3. The molecule has 1 aliphatic carbocycles. The fourth-order valence-electron chi connectivity index (χ4n) is 2.02. The van der Waals surface area contributed by atoms with Gasteiger partial charge in [-0.25, -0.2) is 18.4 Å². The number of alkyl halides is 1. The highest BCUT2D eigenvalue weighted by Crippen LogP contribution is 2.28. The molecule has 1 aromatic rings. The van der Waals surface area contributed by atoms with Gasteiger partial charge in [0.15, 0.2) is 23.8 Å². The fourth-order valence-corrected chi connectivity index (χ4v) is 2.02. The Kier molecular flexibility index (Phi) is 5.42. The average Bonchev–Trinajstić information content (AvgIpc) is 2.58. The van der Waals surface area contributed by atoms with Crippen LogP contribution in [0.1, 0.15) is 5.56 Å². The third-order valence-corrected chi connectivity index (χ3v) is 3.18. The van der Waals surface area contributed by atoms with Gasteiger partial charge in [0.1, 0.15) is 0 Å². The first-order valence-corrected chi connectivity index (χ1v) is 6.96. The van der Waals surface area contributed by atoms with Crippen molar-refractivity contribution in [1.29, 1.82) is 0 Å². The lowest BCUT2D eigenvalue weighted by Crippen LogP contribution is -2.26. The lowest BCUT2D eigenvalue weighted by molar-refractivity contribution is -0.142. The van der Waals surface area contributed by atoms with Crippen molar-refractivity contribution in [3.8, 4) is 5.75 Å².